The first-order valence-electron chi connectivity index (χ1n) is 13.4. The number of pyridine rings is 3. The molecule has 0 aliphatic rings. The molecule has 0 spiro atoms. The van der Waals surface area contributed by atoms with E-state index in [0.29, 0.717) is 11.5 Å². The van der Waals surface area contributed by atoms with Crippen LogP contribution in [0.15, 0.2) is 116 Å². The van der Waals surface area contributed by atoms with Crippen molar-refractivity contribution in [1.82, 2.24) is 23.8 Å². The summed E-state index contributed by atoms with van der Waals surface area (Å²) in [6.45, 7) is 0. The van der Waals surface area contributed by atoms with E-state index in [0.717, 1.165) is 66.0 Å². The number of ether oxygens (including phenoxy) is 1. The van der Waals surface area contributed by atoms with Crippen LogP contribution in [0.2, 0.25) is 0 Å². The van der Waals surface area contributed by atoms with Gasteiger partial charge in [0.1, 0.15) is 5.65 Å². The minimum atomic E-state index is 0. The largest absolute Gasteiger partial charge is 2.00 e. The molecule has 0 aliphatic carbocycles. The first-order valence-corrected chi connectivity index (χ1v) is 13.4. The van der Waals surface area contributed by atoms with E-state index >= 15 is 0 Å². The maximum atomic E-state index is 6.35. The standard InChI is InChI=1S/C35H19N5O.Pt/c1-2-6-22(7-3-1)31-15-14-28-26-13-11-24(21-30(26)34-37-17-19-40(34)35(28)38-31)41-23-10-12-25-27-8-4-5-9-32(27)39-18-16-36-33(39)29(25)20-23;/h1-19H;/q-2;+2. The molecule has 0 amide bonds. The zero-order valence-electron chi connectivity index (χ0n) is 21.9. The molecule has 7 heteroatoms. The van der Waals surface area contributed by atoms with Gasteiger partial charge >= 0.3 is 21.1 Å². The van der Waals surface area contributed by atoms with Crippen LogP contribution in [0.3, 0.4) is 0 Å². The van der Waals surface area contributed by atoms with Crippen molar-refractivity contribution in [2.45, 2.75) is 0 Å². The molecule has 5 aromatic heterocycles. The van der Waals surface area contributed by atoms with Crippen molar-refractivity contribution in [3.63, 3.8) is 0 Å². The summed E-state index contributed by atoms with van der Waals surface area (Å²) in [7, 11) is 0. The van der Waals surface area contributed by atoms with Crippen LogP contribution in [0, 0.1) is 12.1 Å². The van der Waals surface area contributed by atoms with Crippen LogP contribution in [0.4, 0.5) is 0 Å². The second-order valence-corrected chi connectivity index (χ2v) is 10.0. The molecule has 0 bridgehead atoms. The second kappa shape index (κ2) is 9.50. The summed E-state index contributed by atoms with van der Waals surface area (Å²) in [5.41, 5.74) is 5.59. The van der Waals surface area contributed by atoms with Crippen molar-refractivity contribution in [1.29, 1.82) is 0 Å². The van der Waals surface area contributed by atoms with E-state index in [9.17, 15) is 0 Å². The summed E-state index contributed by atoms with van der Waals surface area (Å²) in [6, 6.07) is 37.7. The normalized spacial score (nSPS) is 11.6. The minimum Gasteiger partial charge on any atom is -0.497 e. The van der Waals surface area contributed by atoms with Gasteiger partial charge in [-0.3, -0.25) is 9.97 Å². The predicted octanol–water partition coefficient (Wildman–Crippen LogP) is 8.05. The topological polar surface area (TPSA) is 56.7 Å². The molecule has 0 aliphatic heterocycles. The molecule has 0 radical (unpaired) electrons. The van der Waals surface area contributed by atoms with Crippen LogP contribution in [-0.2, 0) is 21.1 Å². The van der Waals surface area contributed by atoms with E-state index in [1.807, 2.05) is 59.4 Å². The van der Waals surface area contributed by atoms with E-state index < -0.39 is 0 Å². The molecule has 0 saturated heterocycles. The van der Waals surface area contributed by atoms with Gasteiger partial charge in [-0.2, -0.15) is 0 Å². The number of fused-ring (bicyclic) bond motifs is 12. The number of hydrogen-bond acceptors (Lipinski definition) is 4. The van der Waals surface area contributed by atoms with E-state index in [1.54, 1.807) is 6.20 Å². The Hall–Kier alpha value is -5.06. The molecule has 4 aromatic carbocycles. The molecule has 6 nitrogen and oxygen atoms in total. The number of benzene rings is 4. The van der Waals surface area contributed by atoms with Gasteiger partial charge in [0.05, 0.1) is 17.0 Å². The van der Waals surface area contributed by atoms with Crippen molar-refractivity contribution < 1.29 is 25.8 Å². The third-order valence-corrected chi connectivity index (χ3v) is 7.70. The fraction of sp³-hybridized carbons (Fsp3) is 0. The van der Waals surface area contributed by atoms with Gasteiger partial charge in [-0.1, -0.05) is 100 Å². The van der Waals surface area contributed by atoms with Gasteiger partial charge in [0.15, 0.2) is 0 Å². The van der Waals surface area contributed by atoms with Crippen LogP contribution in [0.1, 0.15) is 0 Å². The van der Waals surface area contributed by atoms with Crippen molar-refractivity contribution in [3.8, 4) is 22.8 Å². The van der Waals surface area contributed by atoms with Gasteiger partial charge in [-0.25, -0.2) is 4.98 Å². The molecule has 0 unspecified atom stereocenters. The number of para-hydroxylation sites is 1. The van der Waals surface area contributed by atoms with Gasteiger partial charge in [-0.05, 0) is 22.9 Å². The average molecular weight is 721 g/mol. The van der Waals surface area contributed by atoms with Crippen LogP contribution in [0.5, 0.6) is 11.5 Å². The summed E-state index contributed by atoms with van der Waals surface area (Å²) >= 11 is 0. The number of aromatic nitrogens is 5. The Morgan fingerprint density at radius 2 is 1.17 bits per heavy atom. The van der Waals surface area contributed by atoms with Gasteiger partial charge in [0.2, 0.25) is 0 Å². The number of imidazole rings is 2. The van der Waals surface area contributed by atoms with E-state index in [2.05, 4.69) is 81.1 Å². The maximum absolute atomic E-state index is 6.35. The van der Waals surface area contributed by atoms with Gasteiger partial charge in [0, 0.05) is 47.4 Å². The number of hydrogen-bond donors (Lipinski definition) is 0. The minimum absolute atomic E-state index is 0. The van der Waals surface area contributed by atoms with Gasteiger partial charge in [-0.15, -0.1) is 12.1 Å². The Bertz CT molecular complexity index is 2460. The molecule has 200 valence electrons. The van der Waals surface area contributed by atoms with Crippen molar-refractivity contribution in [2.75, 3.05) is 0 Å². The summed E-state index contributed by atoms with van der Waals surface area (Å²) in [5, 5.41) is 6.06. The van der Waals surface area contributed by atoms with Crippen molar-refractivity contribution in [3.05, 3.63) is 128 Å². The Morgan fingerprint density at radius 3 is 1.93 bits per heavy atom. The Labute approximate surface area is 254 Å². The fourth-order valence-electron chi connectivity index (χ4n) is 5.85. The molecule has 0 fully saturated rings. The Balaban J connectivity index is 0.00000267. The first-order chi connectivity index (χ1) is 20.3. The van der Waals surface area contributed by atoms with E-state index in [4.69, 9.17) is 9.72 Å². The van der Waals surface area contributed by atoms with Gasteiger partial charge in [0.25, 0.3) is 0 Å². The molecular weight excluding hydrogens is 701 g/mol. The Morgan fingerprint density at radius 1 is 0.548 bits per heavy atom. The summed E-state index contributed by atoms with van der Waals surface area (Å²) in [6.07, 6.45) is 7.53. The van der Waals surface area contributed by atoms with Crippen molar-refractivity contribution in [2.24, 2.45) is 0 Å². The first kappa shape index (κ1) is 24.7. The Kier molecular flexibility index (Phi) is 5.59. The molecule has 9 aromatic rings. The average Bonchev–Trinajstić information content (AvgIpc) is 3.73. The number of rotatable bonds is 3. The molecular formula is C35H19N5OPt. The van der Waals surface area contributed by atoms with Crippen LogP contribution in [0.25, 0.3) is 66.0 Å². The predicted molar refractivity (Wildman–Crippen MR) is 161 cm³/mol. The molecule has 0 atom stereocenters. The van der Waals surface area contributed by atoms with Gasteiger partial charge < -0.3 is 13.5 Å². The monoisotopic (exact) mass is 720 g/mol. The van der Waals surface area contributed by atoms with Crippen LogP contribution < -0.4 is 4.74 Å². The zero-order chi connectivity index (χ0) is 26.9. The molecule has 0 N–H and O–H groups in total. The molecule has 9 rings (SSSR count). The molecule has 42 heavy (non-hydrogen) atoms. The van der Waals surface area contributed by atoms with Crippen LogP contribution >= 0.6 is 0 Å². The SMILES string of the molecule is [Pt+2].[c-]1c(Oc2[c-]c3c(cc2)c2ccc(-c4ccccc4)nc2n2ccnc32)ccc2c1c1nccn1c1ccccc21. The summed E-state index contributed by atoms with van der Waals surface area (Å²) in [4.78, 5) is 14.3. The summed E-state index contributed by atoms with van der Waals surface area (Å²) < 4.78 is 10.5. The third-order valence-electron chi connectivity index (χ3n) is 7.70. The van der Waals surface area contributed by atoms with E-state index in [-0.39, 0.29) is 21.1 Å². The quantitative estimate of drug-likeness (QED) is 0.137. The molecule has 0 saturated carbocycles. The number of nitrogens with zero attached hydrogens (tertiary/aromatic N) is 5. The van der Waals surface area contributed by atoms with E-state index in [1.165, 1.54) is 0 Å². The maximum Gasteiger partial charge on any atom is 2.00 e. The fourth-order valence-corrected chi connectivity index (χ4v) is 5.85. The zero-order valence-corrected chi connectivity index (χ0v) is 24.2. The third kappa shape index (κ3) is 3.65. The van der Waals surface area contributed by atoms with Crippen LogP contribution in [-0.4, -0.2) is 23.8 Å². The smallest absolute Gasteiger partial charge is 0.497 e. The molecule has 5 heterocycles. The second-order valence-electron chi connectivity index (χ2n) is 10.0. The summed E-state index contributed by atoms with van der Waals surface area (Å²) in [5.74, 6) is 1.19. The van der Waals surface area contributed by atoms with Crippen molar-refractivity contribution >= 4 is 54.8 Å².